The van der Waals surface area contributed by atoms with Gasteiger partial charge in [-0.1, -0.05) is 0 Å². The van der Waals surface area contributed by atoms with Crippen molar-refractivity contribution in [1.29, 1.82) is 0 Å². The minimum atomic E-state index is -0.772. The second-order valence-corrected chi connectivity index (χ2v) is 20.6. The van der Waals surface area contributed by atoms with Gasteiger partial charge in [0.25, 0.3) is 0 Å². The fourth-order valence-corrected chi connectivity index (χ4v) is 25.4. The van der Waals surface area contributed by atoms with E-state index in [1.807, 2.05) is 7.05 Å². The van der Waals surface area contributed by atoms with E-state index in [1.54, 1.807) is 8.44 Å². The van der Waals surface area contributed by atoms with Gasteiger partial charge in [-0.05, 0) is 0 Å². The third kappa shape index (κ3) is 2.35. The average molecular weight is 432 g/mol. The number of nitrogens with two attached hydrogens (primary N) is 1. The molecular formula is C11H18I2N2. The second kappa shape index (κ2) is 4.65. The number of anilines is 2. The van der Waals surface area contributed by atoms with Crippen LogP contribution >= 0.6 is 39.6 Å². The van der Waals surface area contributed by atoms with Crippen molar-refractivity contribution in [3.8, 4) is 0 Å². The van der Waals surface area contributed by atoms with Crippen molar-refractivity contribution in [2.24, 2.45) is 0 Å². The Hall–Kier alpha value is 0.280. The van der Waals surface area contributed by atoms with E-state index >= 15 is 0 Å². The maximum atomic E-state index is 6.01. The maximum absolute atomic E-state index is 6.01. The first-order valence-electron chi connectivity index (χ1n) is 4.83. The molecule has 2 rings (SSSR count). The fourth-order valence-electron chi connectivity index (χ4n) is 1.61. The molecule has 3 N–H and O–H groups in total. The Labute approximate surface area is 106 Å². The van der Waals surface area contributed by atoms with Crippen LogP contribution in [0.15, 0.2) is 12.1 Å². The molecule has 1 aliphatic heterocycles. The molecular weight excluding hydrogens is 414 g/mol. The molecule has 0 spiro atoms. The Morgan fingerprint density at radius 1 is 1.33 bits per heavy atom. The van der Waals surface area contributed by atoms with Gasteiger partial charge in [-0.25, -0.2) is 0 Å². The quantitative estimate of drug-likeness (QED) is 0.428. The zero-order valence-electron chi connectivity index (χ0n) is 9.40. The van der Waals surface area contributed by atoms with Crippen LogP contribution < -0.4 is 11.1 Å². The molecule has 0 bridgehead atoms. The van der Waals surface area contributed by atoms with Crippen molar-refractivity contribution in [3.63, 3.8) is 0 Å². The summed E-state index contributed by atoms with van der Waals surface area (Å²) in [6.07, 6.45) is 0. The monoisotopic (exact) mass is 432 g/mol. The first-order valence-corrected chi connectivity index (χ1v) is 14.2. The second-order valence-electron chi connectivity index (χ2n) is 3.82. The molecule has 1 aromatic carbocycles. The number of halogens is 2. The van der Waals surface area contributed by atoms with Gasteiger partial charge in [-0.2, -0.15) is 0 Å². The topological polar surface area (TPSA) is 38.0 Å². The van der Waals surface area contributed by atoms with Gasteiger partial charge in [0.15, 0.2) is 0 Å². The van der Waals surface area contributed by atoms with E-state index in [4.69, 9.17) is 5.73 Å². The van der Waals surface area contributed by atoms with Gasteiger partial charge in [0, 0.05) is 0 Å². The molecule has 86 valence electrons. The molecule has 1 aliphatic rings. The molecule has 4 heteroatoms. The first-order chi connectivity index (χ1) is 7.11. The van der Waals surface area contributed by atoms with E-state index in [1.165, 1.54) is 11.3 Å². The Balaban J connectivity index is 2.33. The van der Waals surface area contributed by atoms with Crippen molar-refractivity contribution in [3.05, 3.63) is 21.3 Å². The van der Waals surface area contributed by atoms with Crippen molar-refractivity contribution < 1.29 is 0 Å². The predicted molar refractivity (Wildman–Crippen MR) is 87.5 cm³/mol. The van der Waals surface area contributed by atoms with Gasteiger partial charge in [-0.3, -0.25) is 0 Å². The van der Waals surface area contributed by atoms with Crippen LogP contribution in [0.25, 0.3) is 0 Å². The molecule has 0 saturated carbocycles. The molecule has 1 heterocycles. The summed E-state index contributed by atoms with van der Waals surface area (Å²) in [6, 6.07) is 4.46. The van der Waals surface area contributed by atoms with E-state index in [-0.39, 0.29) is 0 Å². The first kappa shape index (κ1) is 11.8. The molecule has 1 fully saturated rings. The van der Waals surface area contributed by atoms with Gasteiger partial charge in [0.2, 0.25) is 0 Å². The van der Waals surface area contributed by atoms with E-state index in [0.717, 1.165) is 5.69 Å². The zero-order valence-corrected chi connectivity index (χ0v) is 13.7. The summed E-state index contributed by atoms with van der Waals surface area (Å²) in [6.45, 7) is 2.09. The van der Waals surface area contributed by atoms with Crippen LogP contribution in [-0.2, 0) is 0 Å². The number of nitrogens with one attached hydrogen (secondary N) is 1. The van der Waals surface area contributed by atoms with Crippen LogP contribution in [0.4, 0.5) is 11.4 Å². The molecule has 0 aromatic heterocycles. The van der Waals surface area contributed by atoms with Gasteiger partial charge in [0.05, 0.1) is 0 Å². The summed E-state index contributed by atoms with van der Waals surface area (Å²) < 4.78 is 4.83. The molecule has 0 unspecified atom stereocenters. The van der Waals surface area contributed by atoms with Crippen LogP contribution in [0.3, 0.4) is 0 Å². The van der Waals surface area contributed by atoms with Gasteiger partial charge in [0.1, 0.15) is 0 Å². The summed E-state index contributed by atoms with van der Waals surface area (Å²) in [5, 5.41) is 3.33. The van der Waals surface area contributed by atoms with Gasteiger partial charge in [-0.15, -0.1) is 0 Å². The molecule has 0 radical (unpaired) electrons. The summed E-state index contributed by atoms with van der Waals surface area (Å²) >= 11 is -1.18. The number of hydrogen-bond acceptors (Lipinski definition) is 2. The summed E-state index contributed by atoms with van der Waals surface area (Å²) in [5.41, 5.74) is 9.53. The Morgan fingerprint density at radius 2 is 2.00 bits per heavy atom. The van der Waals surface area contributed by atoms with Crippen LogP contribution in [0, 0.1) is 10.5 Å². The Morgan fingerprint density at radius 3 is 2.53 bits per heavy atom. The van der Waals surface area contributed by atoms with Crippen LogP contribution in [0.5, 0.6) is 0 Å². The van der Waals surface area contributed by atoms with E-state index < -0.39 is 39.6 Å². The summed E-state index contributed by atoms with van der Waals surface area (Å²) in [5.74, 6) is 0. The summed E-state index contributed by atoms with van der Waals surface area (Å²) in [4.78, 5) is 2.51. The molecule has 0 aliphatic carbocycles. The molecule has 15 heavy (non-hydrogen) atoms. The molecule has 0 amide bonds. The van der Waals surface area contributed by atoms with E-state index in [0.29, 0.717) is 0 Å². The number of aryl methyl sites for hydroxylation is 1. The average Bonchev–Trinajstić information content (AvgIpc) is 2.17. The van der Waals surface area contributed by atoms with Crippen molar-refractivity contribution >= 4 is 51.0 Å². The molecule has 0 atom stereocenters. The van der Waals surface area contributed by atoms with Crippen LogP contribution in [0.1, 0.15) is 5.56 Å². The number of hydrogen-bond donors (Lipinski definition) is 2. The zero-order chi connectivity index (χ0) is 11.0. The molecule has 1 aromatic rings. The van der Waals surface area contributed by atoms with Crippen molar-refractivity contribution in [2.45, 2.75) is 6.92 Å². The third-order valence-corrected chi connectivity index (χ3v) is 30.9. The molecule has 2 nitrogen and oxygen atoms in total. The summed E-state index contributed by atoms with van der Waals surface area (Å²) in [7, 11) is 2.02. The Bertz CT molecular complexity index is 373. The Kier molecular flexibility index (Phi) is 3.64. The van der Waals surface area contributed by atoms with E-state index in [9.17, 15) is 0 Å². The van der Waals surface area contributed by atoms with Crippen LogP contribution in [0.2, 0.25) is 0 Å². The number of rotatable bonds is 2. The standard InChI is InChI=1S/C11H18I2N2/c1-8-4-11(15-3)9(5-10(8)14)13-6-12(2)7-13/h4-5,15H,6-7,14H2,1-3H3. The normalized spacial score (nSPS) is 19.9. The van der Waals surface area contributed by atoms with Crippen LogP contribution in [-0.4, -0.2) is 16.8 Å². The van der Waals surface area contributed by atoms with Gasteiger partial charge >= 0.3 is 107 Å². The van der Waals surface area contributed by atoms with Crippen molar-refractivity contribution in [2.75, 3.05) is 27.9 Å². The SMILES string of the molecule is CNc1cc(C)c(N)cc1I1CI(C)C1. The van der Waals surface area contributed by atoms with E-state index in [2.05, 4.69) is 29.3 Å². The third-order valence-electron chi connectivity index (χ3n) is 2.50. The van der Waals surface area contributed by atoms with Gasteiger partial charge < -0.3 is 0 Å². The molecule has 1 saturated heterocycles. The number of benzene rings is 1. The fraction of sp³-hybridized carbons (Fsp3) is 0.455. The number of nitrogen functional groups attached to an aromatic ring is 1. The van der Waals surface area contributed by atoms with Crippen molar-refractivity contribution in [1.82, 2.24) is 0 Å². The number of alkyl halides is 5. The predicted octanol–water partition coefficient (Wildman–Crippen LogP) is 3.36. The minimum absolute atomic E-state index is 0.409.